The molecule has 1 unspecified atom stereocenters. The Bertz CT molecular complexity index is 479. The van der Waals surface area contributed by atoms with Gasteiger partial charge in [0, 0.05) is 23.7 Å². The zero-order chi connectivity index (χ0) is 13.5. The smallest absolute Gasteiger partial charge is 0.254 e. The van der Waals surface area contributed by atoms with E-state index in [0.29, 0.717) is 6.54 Å². The van der Waals surface area contributed by atoms with Gasteiger partial charge in [-0.05, 0) is 45.7 Å². The third kappa shape index (κ3) is 2.27. The van der Waals surface area contributed by atoms with Crippen molar-refractivity contribution in [1.82, 2.24) is 4.90 Å². The summed E-state index contributed by atoms with van der Waals surface area (Å²) in [6.45, 7) is 8.85. The molecule has 1 aromatic rings. The van der Waals surface area contributed by atoms with E-state index in [4.69, 9.17) is 5.73 Å². The molecule has 1 heterocycles. The lowest BCUT2D eigenvalue weighted by molar-refractivity contribution is 0.0650. The summed E-state index contributed by atoms with van der Waals surface area (Å²) in [6, 6.07) is 6.06. The molecule has 1 amide bonds. The molecule has 0 radical (unpaired) electrons. The summed E-state index contributed by atoms with van der Waals surface area (Å²) in [5.41, 5.74) is 8.85. The normalized spacial score (nSPS) is 22.3. The van der Waals surface area contributed by atoms with Gasteiger partial charge in [0.05, 0.1) is 0 Å². The summed E-state index contributed by atoms with van der Waals surface area (Å²) < 4.78 is 0. The van der Waals surface area contributed by atoms with Gasteiger partial charge in [0.25, 0.3) is 5.91 Å². The number of benzene rings is 1. The van der Waals surface area contributed by atoms with Crippen LogP contribution >= 0.6 is 0 Å². The predicted molar refractivity (Wildman–Crippen MR) is 73.6 cm³/mol. The van der Waals surface area contributed by atoms with Crippen molar-refractivity contribution in [2.45, 2.75) is 45.7 Å². The van der Waals surface area contributed by atoms with Crippen molar-refractivity contribution >= 4 is 5.91 Å². The Morgan fingerprint density at radius 1 is 1.39 bits per heavy atom. The third-order valence-electron chi connectivity index (χ3n) is 3.77. The van der Waals surface area contributed by atoms with Crippen LogP contribution in [0.5, 0.6) is 0 Å². The van der Waals surface area contributed by atoms with E-state index in [-0.39, 0.29) is 17.5 Å². The van der Waals surface area contributed by atoms with E-state index < -0.39 is 0 Å². The van der Waals surface area contributed by atoms with E-state index >= 15 is 0 Å². The second kappa shape index (κ2) is 4.39. The highest BCUT2D eigenvalue weighted by Gasteiger charge is 2.40. The second-order valence-electron chi connectivity index (χ2n) is 6.01. The molecule has 1 fully saturated rings. The highest BCUT2D eigenvalue weighted by atomic mass is 16.2. The Morgan fingerprint density at radius 2 is 2.06 bits per heavy atom. The molecule has 3 heteroatoms. The maximum absolute atomic E-state index is 12.6. The number of aryl methyl sites for hydroxylation is 2. The largest absolute Gasteiger partial charge is 0.332 e. The molecule has 3 nitrogen and oxygen atoms in total. The lowest BCUT2D eigenvalue weighted by Crippen LogP contribution is -2.43. The number of hydrogen-bond acceptors (Lipinski definition) is 2. The van der Waals surface area contributed by atoms with Gasteiger partial charge in [-0.15, -0.1) is 0 Å². The van der Waals surface area contributed by atoms with Crippen LogP contribution in [0, 0.1) is 13.8 Å². The number of amides is 1. The van der Waals surface area contributed by atoms with Crippen LogP contribution in [0.4, 0.5) is 0 Å². The van der Waals surface area contributed by atoms with Crippen LogP contribution in [-0.4, -0.2) is 28.9 Å². The summed E-state index contributed by atoms with van der Waals surface area (Å²) in [5.74, 6) is 0.102. The summed E-state index contributed by atoms with van der Waals surface area (Å²) >= 11 is 0. The average Bonchev–Trinajstić information content (AvgIpc) is 2.51. The van der Waals surface area contributed by atoms with Gasteiger partial charge in [0.1, 0.15) is 0 Å². The van der Waals surface area contributed by atoms with E-state index in [9.17, 15) is 4.79 Å². The molecule has 2 N–H and O–H groups in total. The van der Waals surface area contributed by atoms with E-state index in [0.717, 1.165) is 17.5 Å². The van der Waals surface area contributed by atoms with Gasteiger partial charge in [-0.1, -0.05) is 17.7 Å². The molecule has 0 bridgehead atoms. The molecule has 18 heavy (non-hydrogen) atoms. The van der Waals surface area contributed by atoms with Crippen LogP contribution < -0.4 is 5.73 Å². The zero-order valence-electron chi connectivity index (χ0n) is 11.7. The molecule has 98 valence electrons. The number of rotatable bonds is 1. The van der Waals surface area contributed by atoms with E-state index in [2.05, 4.69) is 19.9 Å². The first-order chi connectivity index (χ1) is 8.31. The maximum atomic E-state index is 12.6. The van der Waals surface area contributed by atoms with Crippen LogP contribution in [0.3, 0.4) is 0 Å². The summed E-state index contributed by atoms with van der Waals surface area (Å²) in [6.07, 6.45) is 0.865. The molecule has 1 atom stereocenters. The van der Waals surface area contributed by atoms with Gasteiger partial charge >= 0.3 is 0 Å². The number of nitrogens with two attached hydrogens (primary N) is 1. The Kier molecular flexibility index (Phi) is 3.20. The first-order valence-electron chi connectivity index (χ1n) is 6.46. The SMILES string of the molecule is Cc1ccc(C(=O)N2CC(N)CC2(C)C)c(C)c1. The summed E-state index contributed by atoms with van der Waals surface area (Å²) in [5, 5.41) is 0. The van der Waals surface area contributed by atoms with Gasteiger partial charge in [-0.3, -0.25) is 4.79 Å². The molecule has 1 aliphatic heterocycles. The van der Waals surface area contributed by atoms with Crippen LogP contribution in [-0.2, 0) is 0 Å². The van der Waals surface area contributed by atoms with Gasteiger partial charge in [0.2, 0.25) is 0 Å². The topological polar surface area (TPSA) is 46.3 Å². The fraction of sp³-hybridized carbons (Fsp3) is 0.533. The van der Waals surface area contributed by atoms with Gasteiger partial charge in [0.15, 0.2) is 0 Å². The predicted octanol–water partition coefficient (Wildman–Crippen LogP) is 2.26. The minimum Gasteiger partial charge on any atom is -0.332 e. The van der Waals surface area contributed by atoms with Crippen LogP contribution in [0.1, 0.15) is 41.8 Å². The number of hydrogen-bond donors (Lipinski definition) is 1. The Balaban J connectivity index is 2.32. The van der Waals surface area contributed by atoms with Crippen molar-refractivity contribution in [2.75, 3.05) is 6.54 Å². The average molecular weight is 246 g/mol. The van der Waals surface area contributed by atoms with Crippen LogP contribution in [0.25, 0.3) is 0 Å². The molecule has 1 aliphatic rings. The molecular weight excluding hydrogens is 224 g/mol. The van der Waals surface area contributed by atoms with E-state index in [1.807, 2.05) is 30.9 Å². The lowest BCUT2D eigenvalue weighted by Gasteiger charge is -2.31. The molecule has 1 aromatic carbocycles. The van der Waals surface area contributed by atoms with Crippen molar-refractivity contribution in [2.24, 2.45) is 5.73 Å². The van der Waals surface area contributed by atoms with Gasteiger partial charge in [-0.25, -0.2) is 0 Å². The highest BCUT2D eigenvalue weighted by molar-refractivity contribution is 5.96. The molecule has 0 saturated carbocycles. The van der Waals surface area contributed by atoms with Gasteiger partial charge < -0.3 is 10.6 Å². The van der Waals surface area contributed by atoms with Crippen LogP contribution in [0.15, 0.2) is 18.2 Å². The minimum absolute atomic E-state index is 0.0923. The van der Waals surface area contributed by atoms with Crippen molar-refractivity contribution in [3.63, 3.8) is 0 Å². The second-order valence-corrected chi connectivity index (χ2v) is 6.01. The first-order valence-corrected chi connectivity index (χ1v) is 6.46. The lowest BCUT2D eigenvalue weighted by atomic mass is 9.98. The fourth-order valence-corrected chi connectivity index (χ4v) is 2.85. The number of likely N-dealkylation sites (tertiary alicyclic amines) is 1. The molecule has 0 aromatic heterocycles. The monoisotopic (exact) mass is 246 g/mol. The Morgan fingerprint density at radius 3 is 2.56 bits per heavy atom. The number of carbonyl (C=O) groups excluding carboxylic acids is 1. The van der Waals surface area contributed by atoms with Crippen LogP contribution in [0.2, 0.25) is 0 Å². The van der Waals surface area contributed by atoms with Crippen molar-refractivity contribution in [3.05, 3.63) is 34.9 Å². The number of carbonyl (C=O) groups is 1. The molecule has 0 spiro atoms. The molecule has 0 aliphatic carbocycles. The van der Waals surface area contributed by atoms with E-state index in [1.165, 1.54) is 5.56 Å². The standard InChI is InChI=1S/C15H22N2O/c1-10-5-6-13(11(2)7-10)14(18)17-9-12(16)8-15(17,3)4/h5-7,12H,8-9,16H2,1-4H3. The maximum Gasteiger partial charge on any atom is 0.254 e. The quantitative estimate of drug-likeness (QED) is 0.826. The third-order valence-corrected chi connectivity index (χ3v) is 3.77. The molecular formula is C15H22N2O. The molecule has 1 saturated heterocycles. The van der Waals surface area contributed by atoms with Crippen molar-refractivity contribution in [1.29, 1.82) is 0 Å². The molecule has 2 rings (SSSR count). The summed E-state index contributed by atoms with van der Waals surface area (Å²) in [7, 11) is 0. The first kappa shape index (κ1) is 13.1. The highest BCUT2D eigenvalue weighted by Crippen LogP contribution is 2.30. The zero-order valence-corrected chi connectivity index (χ0v) is 11.7. The number of nitrogens with zero attached hydrogens (tertiary/aromatic N) is 1. The Labute approximate surface area is 109 Å². The minimum atomic E-state index is -0.145. The fourth-order valence-electron chi connectivity index (χ4n) is 2.85. The summed E-state index contributed by atoms with van der Waals surface area (Å²) in [4.78, 5) is 14.5. The van der Waals surface area contributed by atoms with E-state index in [1.54, 1.807) is 0 Å². The van der Waals surface area contributed by atoms with Crippen molar-refractivity contribution in [3.8, 4) is 0 Å². The Hall–Kier alpha value is -1.35. The van der Waals surface area contributed by atoms with Crippen molar-refractivity contribution < 1.29 is 4.79 Å². The van der Waals surface area contributed by atoms with Gasteiger partial charge in [-0.2, -0.15) is 0 Å².